The van der Waals surface area contributed by atoms with Gasteiger partial charge < -0.3 is 10.4 Å². The Bertz CT molecular complexity index is 315. The predicted molar refractivity (Wildman–Crippen MR) is 52.0 cm³/mol. The van der Waals surface area contributed by atoms with Crippen molar-refractivity contribution in [3.05, 3.63) is 18.5 Å². The molecule has 0 spiro atoms. The lowest BCUT2D eigenvalue weighted by Crippen LogP contribution is -2.43. The van der Waals surface area contributed by atoms with Gasteiger partial charge in [-0.2, -0.15) is 0 Å². The van der Waals surface area contributed by atoms with Gasteiger partial charge in [0, 0.05) is 12.4 Å². The zero-order chi connectivity index (χ0) is 10.6. The molecule has 0 fully saturated rings. The topological polar surface area (TPSA) is 75.1 Å². The molecule has 0 bridgehead atoms. The minimum atomic E-state index is -1.01. The second kappa shape index (κ2) is 4.04. The van der Waals surface area contributed by atoms with Crippen LogP contribution in [0.15, 0.2) is 18.5 Å². The summed E-state index contributed by atoms with van der Waals surface area (Å²) in [6, 6.07) is 1.68. The molecule has 0 aromatic carbocycles. The zero-order valence-corrected chi connectivity index (χ0v) is 8.19. The van der Waals surface area contributed by atoms with E-state index in [1.54, 1.807) is 32.3 Å². The van der Waals surface area contributed by atoms with Gasteiger partial charge in [0.15, 0.2) is 0 Å². The van der Waals surface area contributed by atoms with Gasteiger partial charge in [0.25, 0.3) is 0 Å². The van der Waals surface area contributed by atoms with E-state index in [1.165, 1.54) is 0 Å². The van der Waals surface area contributed by atoms with Gasteiger partial charge in [0.05, 0.1) is 0 Å². The zero-order valence-electron chi connectivity index (χ0n) is 8.19. The Morgan fingerprint density at radius 1 is 1.57 bits per heavy atom. The number of aliphatic carboxylic acids is 1. The molecule has 5 nitrogen and oxygen atoms in total. The number of nitrogens with one attached hydrogen (secondary N) is 1. The van der Waals surface area contributed by atoms with E-state index in [0.29, 0.717) is 12.4 Å². The summed E-state index contributed by atoms with van der Waals surface area (Å²) in [4.78, 5) is 18.8. The monoisotopic (exact) mass is 195 g/mol. The lowest BCUT2D eigenvalue weighted by Gasteiger charge is -2.24. The smallest absolute Gasteiger partial charge is 0.329 e. The maximum atomic E-state index is 10.9. The van der Waals surface area contributed by atoms with E-state index in [1.807, 2.05) is 0 Å². The molecule has 0 aliphatic carbocycles. The maximum Gasteiger partial charge on any atom is 0.329 e. The van der Waals surface area contributed by atoms with Crippen LogP contribution >= 0.6 is 0 Å². The molecule has 76 valence electrons. The van der Waals surface area contributed by atoms with Crippen LogP contribution in [0.3, 0.4) is 0 Å². The van der Waals surface area contributed by atoms with Crippen molar-refractivity contribution < 1.29 is 9.90 Å². The molecule has 1 atom stereocenters. The van der Waals surface area contributed by atoms with Crippen molar-refractivity contribution in [2.45, 2.75) is 25.8 Å². The summed E-state index contributed by atoms with van der Waals surface area (Å²) in [7, 11) is 0. The first-order chi connectivity index (χ1) is 6.58. The van der Waals surface area contributed by atoms with E-state index in [-0.39, 0.29) is 0 Å². The van der Waals surface area contributed by atoms with Gasteiger partial charge >= 0.3 is 5.97 Å². The van der Waals surface area contributed by atoms with Crippen molar-refractivity contribution in [1.82, 2.24) is 9.97 Å². The first-order valence-corrected chi connectivity index (χ1v) is 4.37. The minimum absolute atomic E-state index is 0.333. The Morgan fingerprint density at radius 2 is 2.14 bits per heavy atom. The Balaban J connectivity index is 2.81. The summed E-state index contributed by atoms with van der Waals surface area (Å²) >= 11 is 0. The molecule has 0 saturated carbocycles. The summed E-state index contributed by atoms with van der Waals surface area (Å²) in [5, 5.41) is 11.8. The molecule has 5 heteroatoms. The normalized spacial score (nSPS) is 14.4. The minimum Gasteiger partial charge on any atom is -0.480 e. The van der Waals surface area contributed by atoms with Crippen LogP contribution in [0.4, 0.5) is 5.95 Å². The Morgan fingerprint density at radius 3 is 2.57 bits per heavy atom. The summed E-state index contributed by atoms with van der Waals surface area (Å²) in [5.41, 5.74) is -1.01. The SMILES string of the molecule is CCC(C)(Nc1ncccn1)C(=O)O. The fourth-order valence-corrected chi connectivity index (χ4v) is 0.903. The average Bonchev–Trinajstić information content (AvgIpc) is 2.19. The van der Waals surface area contributed by atoms with Gasteiger partial charge in [-0.05, 0) is 19.4 Å². The molecule has 1 unspecified atom stereocenters. The van der Waals surface area contributed by atoms with Gasteiger partial charge in [-0.15, -0.1) is 0 Å². The first-order valence-electron chi connectivity index (χ1n) is 4.37. The molecule has 0 saturated heterocycles. The molecule has 0 aliphatic heterocycles. The van der Waals surface area contributed by atoms with Crippen molar-refractivity contribution in [1.29, 1.82) is 0 Å². The summed E-state index contributed by atoms with van der Waals surface area (Å²) in [5.74, 6) is -0.577. The fourth-order valence-electron chi connectivity index (χ4n) is 0.903. The van der Waals surface area contributed by atoms with Crippen LogP contribution in [0.2, 0.25) is 0 Å². The summed E-state index contributed by atoms with van der Waals surface area (Å²) < 4.78 is 0. The van der Waals surface area contributed by atoms with Gasteiger partial charge in [-0.25, -0.2) is 14.8 Å². The number of nitrogens with zero attached hydrogens (tertiary/aromatic N) is 2. The third-order valence-electron chi connectivity index (χ3n) is 2.13. The number of rotatable bonds is 4. The van der Waals surface area contributed by atoms with Crippen molar-refractivity contribution in [3.8, 4) is 0 Å². The number of carboxylic acids is 1. The molecule has 0 radical (unpaired) electrons. The molecule has 1 rings (SSSR count). The highest BCUT2D eigenvalue weighted by Crippen LogP contribution is 2.14. The number of anilines is 1. The van der Waals surface area contributed by atoms with E-state index < -0.39 is 11.5 Å². The van der Waals surface area contributed by atoms with Crippen molar-refractivity contribution in [3.63, 3.8) is 0 Å². The molecular formula is C9H13N3O2. The van der Waals surface area contributed by atoms with Crippen LogP contribution in [0.5, 0.6) is 0 Å². The van der Waals surface area contributed by atoms with Crippen molar-refractivity contribution >= 4 is 11.9 Å². The Hall–Kier alpha value is -1.65. The van der Waals surface area contributed by atoms with Gasteiger partial charge in [0.2, 0.25) is 5.95 Å². The molecular weight excluding hydrogens is 182 g/mol. The average molecular weight is 195 g/mol. The van der Waals surface area contributed by atoms with E-state index in [9.17, 15) is 4.79 Å². The van der Waals surface area contributed by atoms with Gasteiger partial charge in [-0.1, -0.05) is 6.92 Å². The first kappa shape index (κ1) is 10.4. The Kier molecular flexibility index (Phi) is 3.01. The van der Waals surface area contributed by atoms with Crippen LogP contribution in [0, 0.1) is 0 Å². The van der Waals surface area contributed by atoms with Gasteiger partial charge in [-0.3, -0.25) is 0 Å². The summed E-state index contributed by atoms with van der Waals surface area (Å²) in [6.45, 7) is 3.40. The molecule has 2 N–H and O–H groups in total. The second-order valence-electron chi connectivity index (χ2n) is 3.19. The number of hydrogen-bond acceptors (Lipinski definition) is 4. The number of aromatic nitrogens is 2. The second-order valence-corrected chi connectivity index (χ2v) is 3.19. The molecule has 14 heavy (non-hydrogen) atoms. The van der Waals surface area contributed by atoms with Crippen LogP contribution in [-0.2, 0) is 4.79 Å². The third kappa shape index (κ3) is 2.18. The highest BCUT2D eigenvalue weighted by atomic mass is 16.4. The molecule has 0 amide bonds. The van der Waals surface area contributed by atoms with Crippen LogP contribution in [0.25, 0.3) is 0 Å². The molecule has 1 heterocycles. The highest BCUT2D eigenvalue weighted by molar-refractivity contribution is 5.81. The maximum absolute atomic E-state index is 10.9. The van der Waals surface area contributed by atoms with Crippen molar-refractivity contribution in [2.24, 2.45) is 0 Å². The third-order valence-corrected chi connectivity index (χ3v) is 2.13. The lowest BCUT2D eigenvalue weighted by atomic mass is 10.00. The number of carboxylic acid groups (broad SMARTS) is 1. The lowest BCUT2D eigenvalue weighted by molar-refractivity contribution is -0.141. The molecule has 1 aromatic rings. The van der Waals surface area contributed by atoms with Gasteiger partial charge in [0.1, 0.15) is 5.54 Å². The summed E-state index contributed by atoms with van der Waals surface area (Å²) in [6.07, 6.45) is 3.58. The predicted octanol–water partition coefficient (Wildman–Crippen LogP) is 1.14. The van der Waals surface area contributed by atoms with Crippen LogP contribution in [0.1, 0.15) is 20.3 Å². The quantitative estimate of drug-likeness (QED) is 0.753. The fraction of sp³-hybridized carbons (Fsp3) is 0.444. The number of carbonyl (C=O) groups is 1. The largest absolute Gasteiger partial charge is 0.480 e. The Labute approximate surface area is 82.2 Å². The molecule has 1 aromatic heterocycles. The molecule has 0 aliphatic rings. The van der Waals surface area contributed by atoms with Crippen LogP contribution in [-0.4, -0.2) is 26.6 Å². The standard InChI is InChI=1S/C9H13N3O2/c1-3-9(2,7(13)14)12-8-10-5-4-6-11-8/h4-6H,3H2,1-2H3,(H,13,14)(H,10,11,12). The van der Waals surface area contributed by atoms with Crippen LogP contribution < -0.4 is 5.32 Å². The van der Waals surface area contributed by atoms with E-state index in [0.717, 1.165) is 0 Å². The van der Waals surface area contributed by atoms with E-state index in [2.05, 4.69) is 15.3 Å². The van der Waals surface area contributed by atoms with E-state index >= 15 is 0 Å². The van der Waals surface area contributed by atoms with Crippen molar-refractivity contribution in [2.75, 3.05) is 5.32 Å². The van der Waals surface area contributed by atoms with E-state index in [4.69, 9.17) is 5.11 Å². The highest BCUT2D eigenvalue weighted by Gasteiger charge is 2.31. The number of hydrogen-bond donors (Lipinski definition) is 2.